The molecule has 0 spiro atoms. The Balaban J connectivity index is 2.41. The van der Waals surface area contributed by atoms with Gasteiger partial charge in [0.25, 0.3) is 5.91 Å². The molecule has 0 aromatic carbocycles. The average Bonchev–Trinajstić information content (AvgIpc) is 2.80. The Bertz CT molecular complexity index is 607. The van der Waals surface area contributed by atoms with Gasteiger partial charge in [-0.3, -0.25) is 9.89 Å². The molecule has 0 radical (unpaired) electrons. The Hall–Kier alpha value is -1.41. The van der Waals surface area contributed by atoms with Crippen LogP contribution in [0.1, 0.15) is 36.5 Å². The summed E-state index contributed by atoms with van der Waals surface area (Å²) >= 11 is 0. The summed E-state index contributed by atoms with van der Waals surface area (Å²) in [5.41, 5.74) is 0.173. The van der Waals surface area contributed by atoms with E-state index in [1.54, 1.807) is 4.90 Å². The Morgan fingerprint density at radius 3 is 2.58 bits per heavy atom. The maximum atomic E-state index is 12.4. The molecule has 1 amide bonds. The first-order valence-corrected chi connectivity index (χ1v) is 7.65. The van der Waals surface area contributed by atoms with E-state index in [-0.39, 0.29) is 28.2 Å². The van der Waals surface area contributed by atoms with Gasteiger partial charge in [-0.05, 0) is 26.2 Å². The second kappa shape index (κ2) is 4.61. The Morgan fingerprint density at radius 2 is 2.11 bits per heavy atom. The zero-order valence-corrected chi connectivity index (χ0v) is 12.0. The molecule has 1 aromatic heterocycles. The predicted molar refractivity (Wildman–Crippen MR) is 69.0 cm³/mol. The van der Waals surface area contributed by atoms with Gasteiger partial charge in [-0.1, -0.05) is 6.92 Å². The SMILES string of the molecule is Cc1[nH]nc(C(=O)N2CC(C)CC2C)c1S(N)(=O)=O. The third kappa shape index (κ3) is 2.50. The van der Waals surface area contributed by atoms with Crippen molar-refractivity contribution < 1.29 is 13.2 Å². The first kappa shape index (κ1) is 14.0. The van der Waals surface area contributed by atoms with E-state index < -0.39 is 10.0 Å². The zero-order chi connectivity index (χ0) is 14.4. The highest BCUT2D eigenvalue weighted by atomic mass is 32.2. The van der Waals surface area contributed by atoms with Gasteiger partial charge >= 0.3 is 0 Å². The van der Waals surface area contributed by atoms with E-state index in [4.69, 9.17) is 5.14 Å². The van der Waals surface area contributed by atoms with Crippen LogP contribution in [-0.2, 0) is 10.0 Å². The van der Waals surface area contributed by atoms with Crippen LogP contribution in [0, 0.1) is 12.8 Å². The lowest BCUT2D eigenvalue weighted by Crippen LogP contribution is -2.35. The molecule has 3 N–H and O–H groups in total. The molecular weight excluding hydrogens is 268 g/mol. The third-order valence-corrected chi connectivity index (χ3v) is 4.49. The molecule has 0 aliphatic carbocycles. The van der Waals surface area contributed by atoms with Gasteiger partial charge in [-0.15, -0.1) is 0 Å². The van der Waals surface area contributed by atoms with E-state index in [2.05, 4.69) is 17.1 Å². The first-order chi connectivity index (χ1) is 8.71. The lowest BCUT2D eigenvalue weighted by Gasteiger charge is -2.20. The number of primary sulfonamides is 1. The van der Waals surface area contributed by atoms with Crippen molar-refractivity contribution >= 4 is 15.9 Å². The molecule has 106 valence electrons. The number of likely N-dealkylation sites (tertiary alicyclic amines) is 1. The molecular formula is C11H18N4O3S. The van der Waals surface area contributed by atoms with Crippen molar-refractivity contribution in [3.63, 3.8) is 0 Å². The molecule has 1 aliphatic heterocycles. The van der Waals surface area contributed by atoms with Crippen molar-refractivity contribution in [1.29, 1.82) is 0 Å². The number of hydrogen-bond donors (Lipinski definition) is 2. The molecule has 0 saturated carbocycles. The smallest absolute Gasteiger partial charge is 0.276 e. The second-order valence-electron chi connectivity index (χ2n) is 5.22. The number of nitrogens with zero attached hydrogens (tertiary/aromatic N) is 2. The number of aryl methyl sites for hydroxylation is 1. The molecule has 1 aliphatic rings. The van der Waals surface area contributed by atoms with Crippen LogP contribution in [0.25, 0.3) is 0 Å². The van der Waals surface area contributed by atoms with Gasteiger partial charge in [-0.2, -0.15) is 5.10 Å². The second-order valence-corrected chi connectivity index (χ2v) is 6.72. The molecule has 2 unspecified atom stereocenters. The van der Waals surface area contributed by atoms with Crippen molar-refractivity contribution in [3.8, 4) is 0 Å². The van der Waals surface area contributed by atoms with Crippen LogP contribution in [0.5, 0.6) is 0 Å². The van der Waals surface area contributed by atoms with Crippen LogP contribution in [0.2, 0.25) is 0 Å². The molecule has 1 saturated heterocycles. The van der Waals surface area contributed by atoms with Crippen LogP contribution in [0.3, 0.4) is 0 Å². The number of carbonyl (C=O) groups is 1. The van der Waals surface area contributed by atoms with Crippen LogP contribution >= 0.6 is 0 Å². The van der Waals surface area contributed by atoms with Gasteiger partial charge in [-0.25, -0.2) is 13.6 Å². The van der Waals surface area contributed by atoms with E-state index in [1.165, 1.54) is 6.92 Å². The fraction of sp³-hybridized carbons (Fsp3) is 0.636. The Labute approximate surface area is 112 Å². The molecule has 8 heteroatoms. The quantitative estimate of drug-likeness (QED) is 0.811. The van der Waals surface area contributed by atoms with Crippen molar-refractivity contribution in [3.05, 3.63) is 11.4 Å². The number of aromatic amines is 1. The highest BCUT2D eigenvalue weighted by molar-refractivity contribution is 7.89. The lowest BCUT2D eigenvalue weighted by atomic mass is 10.1. The zero-order valence-electron chi connectivity index (χ0n) is 11.2. The van der Waals surface area contributed by atoms with Crippen molar-refractivity contribution in [2.75, 3.05) is 6.54 Å². The summed E-state index contributed by atoms with van der Waals surface area (Å²) in [4.78, 5) is 13.9. The number of nitrogens with one attached hydrogen (secondary N) is 1. The Kier molecular flexibility index (Phi) is 3.40. The standard InChI is InChI=1S/C11H18N4O3S/c1-6-4-7(2)15(5-6)11(16)9-10(19(12,17)18)8(3)13-14-9/h6-7H,4-5H2,1-3H3,(H,13,14)(H2,12,17,18). The normalized spacial score (nSPS) is 23.9. The third-order valence-electron chi connectivity index (χ3n) is 3.42. The van der Waals surface area contributed by atoms with Gasteiger partial charge in [0.05, 0.1) is 5.69 Å². The molecule has 2 heterocycles. The highest BCUT2D eigenvalue weighted by Gasteiger charge is 2.35. The van der Waals surface area contributed by atoms with E-state index in [1.807, 2.05) is 6.92 Å². The summed E-state index contributed by atoms with van der Waals surface area (Å²) in [7, 11) is -3.97. The minimum absolute atomic E-state index is 0.0767. The number of nitrogens with two attached hydrogens (primary N) is 1. The molecule has 7 nitrogen and oxygen atoms in total. The van der Waals surface area contributed by atoms with Crippen LogP contribution in [0.4, 0.5) is 0 Å². The minimum Gasteiger partial charge on any atom is -0.334 e. The lowest BCUT2D eigenvalue weighted by molar-refractivity contribution is 0.0734. The van der Waals surface area contributed by atoms with Crippen molar-refractivity contribution in [2.45, 2.75) is 38.1 Å². The van der Waals surface area contributed by atoms with Crippen LogP contribution < -0.4 is 5.14 Å². The maximum absolute atomic E-state index is 12.4. The summed E-state index contributed by atoms with van der Waals surface area (Å²) < 4.78 is 23.1. The van der Waals surface area contributed by atoms with E-state index >= 15 is 0 Å². The highest BCUT2D eigenvalue weighted by Crippen LogP contribution is 2.26. The fourth-order valence-corrected chi connectivity index (χ4v) is 3.51. The van der Waals surface area contributed by atoms with Crippen LogP contribution in [0.15, 0.2) is 4.90 Å². The van der Waals surface area contributed by atoms with Crippen molar-refractivity contribution in [1.82, 2.24) is 15.1 Å². The predicted octanol–water partition coefficient (Wildman–Crippen LogP) is 0.236. The topological polar surface area (TPSA) is 109 Å². The van der Waals surface area contributed by atoms with Gasteiger partial charge in [0.15, 0.2) is 5.69 Å². The number of H-pyrrole nitrogens is 1. The van der Waals surface area contributed by atoms with E-state index in [0.29, 0.717) is 12.5 Å². The van der Waals surface area contributed by atoms with E-state index in [9.17, 15) is 13.2 Å². The molecule has 2 rings (SSSR count). The molecule has 1 aromatic rings. The number of aromatic nitrogens is 2. The van der Waals surface area contributed by atoms with Gasteiger partial charge in [0, 0.05) is 12.6 Å². The molecule has 19 heavy (non-hydrogen) atoms. The number of hydrogen-bond acceptors (Lipinski definition) is 4. The largest absolute Gasteiger partial charge is 0.334 e. The molecule has 0 bridgehead atoms. The van der Waals surface area contributed by atoms with Gasteiger partial charge in [0.2, 0.25) is 10.0 Å². The summed E-state index contributed by atoms with van der Waals surface area (Å²) in [5, 5.41) is 11.5. The maximum Gasteiger partial charge on any atom is 0.276 e. The van der Waals surface area contributed by atoms with Crippen LogP contribution in [-0.4, -0.2) is 42.0 Å². The minimum atomic E-state index is -3.97. The number of amides is 1. The first-order valence-electron chi connectivity index (χ1n) is 6.10. The number of rotatable bonds is 2. The monoisotopic (exact) mass is 286 g/mol. The summed E-state index contributed by atoms with van der Waals surface area (Å²) in [6, 6.07) is 0.0767. The van der Waals surface area contributed by atoms with Crippen molar-refractivity contribution in [2.24, 2.45) is 11.1 Å². The average molecular weight is 286 g/mol. The van der Waals surface area contributed by atoms with E-state index in [0.717, 1.165) is 6.42 Å². The number of sulfonamides is 1. The molecule has 1 fully saturated rings. The Morgan fingerprint density at radius 1 is 1.47 bits per heavy atom. The summed E-state index contributed by atoms with van der Waals surface area (Å²) in [6.45, 7) is 6.13. The number of carbonyl (C=O) groups excluding carboxylic acids is 1. The summed E-state index contributed by atoms with van der Waals surface area (Å²) in [6.07, 6.45) is 0.903. The van der Waals surface area contributed by atoms with Gasteiger partial charge in [0.1, 0.15) is 4.90 Å². The summed E-state index contributed by atoms with van der Waals surface area (Å²) in [5.74, 6) is 0.0159. The van der Waals surface area contributed by atoms with Gasteiger partial charge < -0.3 is 4.90 Å². The fourth-order valence-electron chi connectivity index (χ4n) is 2.63. The molecule has 2 atom stereocenters.